The van der Waals surface area contributed by atoms with Gasteiger partial charge in [0.2, 0.25) is 0 Å². The average molecular weight is 494 g/mol. The Kier molecular flexibility index (Phi) is 6.01. The van der Waals surface area contributed by atoms with Crippen LogP contribution in [0.2, 0.25) is 0 Å². The van der Waals surface area contributed by atoms with Crippen molar-refractivity contribution in [3.05, 3.63) is 100 Å². The Morgan fingerprint density at radius 1 is 1.06 bits per heavy atom. The molecule has 2 aliphatic heterocycles. The van der Waals surface area contributed by atoms with E-state index >= 15 is 0 Å². The number of halogens is 2. The molecule has 1 spiro atoms. The van der Waals surface area contributed by atoms with Crippen molar-refractivity contribution in [1.82, 2.24) is 10.2 Å². The number of hydrogen-bond acceptors (Lipinski definition) is 3. The maximum absolute atomic E-state index is 14.5. The number of aryl methyl sites for hydroxylation is 2. The molecular formula is C27H25F2N3O2S. The third-order valence-electron chi connectivity index (χ3n) is 6.46. The largest absolute Gasteiger partial charge is 0.334 e. The van der Waals surface area contributed by atoms with E-state index in [4.69, 9.17) is 0 Å². The van der Waals surface area contributed by atoms with E-state index in [2.05, 4.69) is 5.32 Å². The molecule has 5 rings (SSSR count). The molecule has 2 heterocycles. The summed E-state index contributed by atoms with van der Waals surface area (Å²) in [7, 11) is 0. The quantitative estimate of drug-likeness (QED) is 0.541. The molecule has 3 aromatic carbocycles. The number of anilines is 1. The lowest BCUT2D eigenvalue weighted by atomic mass is 10.0. The number of hydrogen-bond donors (Lipinski definition) is 1. The summed E-state index contributed by atoms with van der Waals surface area (Å²) in [5.74, 6) is -1.08. The van der Waals surface area contributed by atoms with Crippen LogP contribution in [0.15, 0.2) is 60.7 Å². The van der Waals surface area contributed by atoms with Crippen molar-refractivity contribution in [2.45, 2.75) is 31.8 Å². The molecule has 180 valence electrons. The van der Waals surface area contributed by atoms with E-state index < -0.39 is 16.5 Å². The molecule has 1 fully saturated rings. The molecule has 3 aromatic rings. The van der Waals surface area contributed by atoms with Crippen LogP contribution < -0.4 is 10.2 Å². The number of urea groups is 1. The second-order valence-corrected chi connectivity index (χ2v) is 10.2. The molecule has 35 heavy (non-hydrogen) atoms. The van der Waals surface area contributed by atoms with Crippen LogP contribution in [0, 0.1) is 25.5 Å². The van der Waals surface area contributed by atoms with Crippen LogP contribution in [0.5, 0.6) is 0 Å². The summed E-state index contributed by atoms with van der Waals surface area (Å²) in [6.07, 6.45) is 0. The highest BCUT2D eigenvalue weighted by atomic mass is 32.2. The lowest BCUT2D eigenvalue weighted by molar-refractivity contribution is -0.123. The van der Waals surface area contributed by atoms with Crippen LogP contribution >= 0.6 is 11.8 Å². The minimum absolute atomic E-state index is 0.0535. The van der Waals surface area contributed by atoms with Crippen molar-refractivity contribution < 1.29 is 18.4 Å². The van der Waals surface area contributed by atoms with E-state index in [1.54, 1.807) is 4.90 Å². The number of carbonyl (C=O) groups excluding carboxylic acids is 2. The lowest BCUT2D eigenvalue weighted by Gasteiger charge is -2.33. The molecule has 5 nitrogen and oxygen atoms in total. The second kappa shape index (κ2) is 9.00. The van der Waals surface area contributed by atoms with Gasteiger partial charge in [-0.3, -0.25) is 9.69 Å². The Morgan fingerprint density at radius 3 is 2.63 bits per heavy atom. The van der Waals surface area contributed by atoms with Gasteiger partial charge in [-0.15, -0.1) is 11.8 Å². The van der Waals surface area contributed by atoms with Crippen molar-refractivity contribution in [3.8, 4) is 0 Å². The molecular weight excluding hydrogens is 468 g/mol. The zero-order chi connectivity index (χ0) is 24.7. The van der Waals surface area contributed by atoms with Gasteiger partial charge >= 0.3 is 6.03 Å². The van der Waals surface area contributed by atoms with Crippen LogP contribution in [0.25, 0.3) is 0 Å². The molecule has 8 heteroatoms. The Hall–Kier alpha value is -3.39. The number of carbonyl (C=O) groups is 2. The maximum atomic E-state index is 14.5. The number of nitrogens with one attached hydrogen (secondary N) is 1. The Balaban J connectivity index is 1.48. The van der Waals surface area contributed by atoms with Crippen molar-refractivity contribution in [2.75, 3.05) is 17.2 Å². The van der Waals surface area contributed by atoms with Gasteiger partial charge < -0.3 is 10.2 Å². The molecule has 0 aliphatic carbocycles. The van der Waals surface area contributed by atoms with Gasteiger partial charge in [-0.1, -0.05) is 53.6 Å². The van der Waals surface area contributed by atoms with Crippen LogP contribution in [0.4, 0.5) is 19.3 Å². The molecule has 3 amide bonds. The highest BCUT2D eigenvalue weighted by Gasteiger charge is 2.59. The third kappa shape index (κ3) is 4.05. The molecule has 0 saturated carbocycles. The molecule has 0 bridgehead atoms. The molecule has 1 N–H and O–H groups in total. The van der Waals surface area contributed by atoms with Gasteiger partial charge in [-0.05, 0) is 31.5 Å². The first-order valence-electron chi connectivity index (χ1n) is 11.4. The van der Waals surface area contributed by atoms with Gasteiger partial charge in [-0.25, -0.2) is 13.6 Å². The van der Waals surface area contributed by atoms with E-state index in [-0.39, 0.29) is 24.0 Å². The number of amides is 3. The van der Waals surface area contributed by atoms with Crippen LogP contribution in [0.3, 0.4) is 0 Å². The van der Waals surface area contributed by atoms with Gasteiger partial charge in [0, 0.05) is 36.0 Å². The molecule has 0 aromatic heterocycles. The van der Waals surface area contributed by atoms with Gasteiger partial charge in [0.05, 0.1) is 12.2 Å². The smallest absolute Gasteiger partial charge is 0.319 e. The first-order valence-corrected chi connectivity index (χ1v) is 12.4. The Labute approximate surface area is 207 Å². The Bertz CT molecular complexity index is 1330. The first-order chi connectivity index (χ1) is 16.8. The minimum Gasteiger partial charge on any atom is -0.334 e. The summed E-state index contributed by atoms with van der Waals surface area (Å²) in [5, 5.41) is 2.97. The van der Waals surface area contributed by atoms with Crippen LogP contribution in [-0.2, 0) is 22.8 Å². The van der Waals surface area contributed by atoms with E-state index in [0.717, 1.165) is 28.3 Å². The fourth-order valence-electron chi connectivity index (χ4n) is 4.80. The Morgan fingerprint density at radius 2 is 1.86 bits per heavy atom. The van der Waals surface area contributed by atoms with Gasteiger partial charge in [0.25, 0.3) is 5.91 Å². The van der Waals surface area contributed by atoms with E-state index in [9.17, 15) is 18.4 Å². The number of fused-ring (bicyclic) bond motifs is 2. The minimum atomic E-state index is -1.23. The SMILES string of the molecule is Cc1cccc(CNC(=O)N2CCS[C@@]23C(=O)N(Cc2ccc(F)cc2F)c2ccc(C)cc23)c1. The van der Waals surface area contributed by atoms with Gasteiger partial charge in [0.1, 0.15) is 11.6 Å². The highest BCUT2D eigenvalue weighted by molar-refractivity contribution is 8.01. The third-order valence-corrected chi connectivity index (χ3v) is 7.88. The van der Waals surface area contributed by atoms with E-state index in [0.29, 0.717) is 24.5 Å². The van der Waals surface area contributed by atoms with Crippen molar-refractivity contribution >= 4 is 29.4 Å². The molecule has 1 saturated heterocycles. The van der Waals surface area contributed by atoms with E-state index in [1.807, 2.05) is 56.3 Å². The monoisotopic (exact) mass is 493 g/mol. The molecule has 0 unspecified atom stereocenters. The summed E-state index contributed by atoms with van der Waals surface area (Å²) < 4.78 is 27.9. The van der Waals surface area contributed by atoms with Gasteiger partial charge in [-0.2, -0.15) is 0 Å². The molecule has 0 radical (unpaired) electrons. The predicted octanol–water partition coefficient (Wildman–Crippen LogP) is 5.24. The summed E-state index contributed by atoms with van der Waals surface area (Å²) >= 11 is 1.41. The van der Waals surface area contributed by atoms with Crippen LogP contribution in [-0.4, -0.2) is 29.1 Å². The number of benzene rings is 3. The predicted molar refractivity (Wildman–Crippen MR) is 133 cm³/mol. The second-order valence-electron chi connectivity index (χ2n) is 8.94. The molecule has 1 atom stereocenters. The number of nitrogens with zero attached hydrogens (tertiary/aromatic N) is 2. The fourth-order valence-corrected chi connectivity index (χ4v) is 6.25. The maximum Gasteiger partial charge on any atom is 0.319 e. The number of rotatable bonds is 4. The lowest BCUT2D eigenvalue weighted by Crippen LogP contribution is -2.53. The highest BCUT2D eigenvalue weighted by Crippen LogP contribution is 2.54. The normalized spacial score (nSPS) is 18.9. The standard InChI is InChI=1S/C27H25F2N3O2S/c1-17-4-3-5-19(12-17)15-30-26(34)32-10-11-35-27(32)22-13-18(2)6-9-24(22)31(25(27)33)16-20-7-8-21(28)14-23(20)29/h3-9,12-14H,10-11,15-16H2,1-2H3,(H,30,34)/t27-/m0/s1. The van der Waals surface area contributed by atoms with Crippen molar-refractivity contribution in [2.24, 2.45) is 0 Å². The topological polar surface area (TPSA) is 52.7 Å². The summed E-state index contributed by atoms with van der Waals surface area (Å²) in [6.45, 7) is 4.62. The summed E-state index contributed by atoms with van der Waals surface area (Å²) in [6, 6.07) is 16.6. The zero-order valence-electron chi connectivity index (χ0n) is 19.5. The first kappa shape index (κ1) is 23.4. The van der Waals surface area contributed by atoms with Crippen LogP contribution in [0.1, 0.15) is 27.8 Å². The number of thioether (sulfide) groups is 1. The van der Waals surface area contributed by atoms with Gasteiger partial charge in [0.15, 0.2) is 4.87 Å². The van der Waals surface area contributed by atoms with E-state index in [1.165, 1.54) is 28.8 Å². The fraction of sp³-hybridized carbons (Fsp3) is 0.259. The summed E-state index contributed by atoms with van der Waals surface area (Å²) in [4.78, 5) is 29.3. The average Bonchev–Trinajstić information content (AvgIpc) is 3.36. The summed E-state index contributed by atoms with van der Waals surface area (Å²) in [5.41, 5.74) is 4.60. The molecule has 2 aliphatic rings. The zero-order valence-corrected chi connectivity index (χ0v) is 20.3. The van der Waals surface area contributed by atoms with Crippen molar-refractivity contribution in [3.63, 3.8) is 0 Å². The van der Waals surface area contributed by atoms with Crippen molar-refractivity contribution in [1.29, 1.82) is 0 Å².